The number of hydrogen-bond acceptors (Lipinski definition) is 4. The van der Waals surface area contributed by atoms with Crippen LogP contribution in [0.5, 0.6) is 0 Å². The van der Waals surface area contributed by atoms with Crippen LogP contribution >= 0.6 is 0 Å². The van der Waals surface area contributed by atoms with Crippen molar-refractivity contribution < 1.29 is 14.7 Å². The molecule has 78 valence electrons. The summed E-state index contributed by atoms with van der Waals surface area (Å²) >= 11 is 0. The van der Waals surface area contributed by atoms with E-state index < -0.39 is 6.10 Å². The van der Waals surface area contributed by atoms with Gasteiger partial charge in [-0.2, -0.15) is 5.10 Å². The first-order valence-corrected chi connectivity index (χ1v) is 4.41. The van der Waals surface area contributed by atoms with Crippen LogP contribution in [0.15, 0.2) is 5.10 Å². The second kappa shape index (κ2) is 4.71. The van der Waals surface area contributed by atoms with E-state index in [1.54, 1.807) is 6.92 Å². The maximum atomic E-state index is 11.3. The molecule has 1 aliphatic heterocycles. The number of amides is 2. The molecule has 0 aromatic rings. The summed E-state index contributed by atoms with van der Waals surface area (Å²) in [5, 5.41) is 15.0. The van der Waals surface area contributed by atoms with Gasteiger partial charge < -0.3 is 10.4 Å². The van der Waals surface area contributed by atoms with Gasteiger partial charge in [-0.05, 0) is 6.92 Å². The Hall–Kier alpha value is -1.43. The fraction of sp³-hybridized carbons (Fsp3) is 0.625. The fourth-order valence-electron chi connectivity index (χ4n) is 0.980. The Morgan fingerprint density at radius 1 is 1.71 bits per heavy atom. The van der Waals surface area contributed by atoms with Crippen molar-refractivity contribution in [3.63, 3.8) is 0 Å². The molecule has 1 rings (SSSR count). The molecule has 0 saturated carbocycles. The largest absolute Gasteiger partial charge is 0.392 e. The van der Waals surface area contributed by atoms with E-state index in [4.69, 9.17) is 5.11 Å². The van der Waals surface area contributed by atoms with E-state index in [1.165, 1.54) is 0 Å². The molecule has 0 radical (unpaired) electrons. The van der Waals surface area contributed by atoms with Crippen molar-refractivity contribution >= 4 is 17.5 Å². The minimum absolute atomic E-state index is 0.183. The van der Waals surface area contributed by atoms with E-state index in [2.05, 4.69) is 15.8 Å². The maximum Gasteiger partial charge on any atom is 0.267 e. The first-order chi connectivity index (χ1) is 6.59. The average molecular weight is 199 g/mol. The van der Waals surface area contributed by atoms with Gasteiger partial charge in [-0.25, -0.2) is 5.43 Å². The molecule has 2 amide bonds. The molecule has 0 aromatic heterocycles. The number of hydrogen-bond donors (Lipinski definition) is 3. The van der Waals surface area contributed by atoms with Crippen LogP contribution in [-0.2, 0) is 9.59 Å². The van der Waals surface area contributed by atoms with Crippen LogP contribution in [0.3, 0.4) is 0 Å². The fourth-order valence-corrected chi connectivity index (χ4v) is 0.980. The minimum Gasteiger partial charge on any atom is -0.392 e. The number of aliphatic hydroxyl groups excluding tert-OH is 1. The second-order valence-electron chi connectivity index (χ2n) is 3.15. The Morgan fingerprint density at radius 2 is 2.43 bits per heavy atom. The summed E-state index contributed by atoms with van der Waals surface area (Å²) in [7, 11) is 0. The van der Waals surface area contributed by atoms with E-state index >= 15 is 0 Å². The van der Waals surface area contributed by atoms with Crippen LogP contribution in [0.4, 0.5) is 0 Å². The highest BCUT2D eigenvalue weighted by Crippen LogP contribution is 1.99. The number of rotatable bonds is 3. The number of carbonyl (C=O) groups is 2. The molecule has 1 aliphatic rings. The van der Waals surface area contributed by atoms with Crippen LogP contribution in [0.25, 0.3) is 0 Å². The van der Waals surface area contributed by atoms with E-state index in [9.17, 15) is 9.59 Å². The van der Waals surface area contributed by atoms with Gasteiger partial charge in [-0.15, -0.1) is 0 Å². The van der Waals surface area contributed by atoms with Crippen molar-refractivity contribution in [1.82, 2.24) is 10.7 Å². The smallest absolute Gasteiger partial charge is 0.267 e. The van der Waals surface area contributed by atoms with Gasteiger partial charge in [0.25, 0.3) is 5.91 Å². The zero-order valence-corrected chi connectivity index (χ0v) is 7.91. The molecular formula is C8H13N3O3. The van der Waals surface area contributed by atoms with Crippen molar-refractivity contribution in [3.05, 3.63) is 0 Å². The third-order valence-electron chi connectivity index (χ3n) is 1.72. The lowest BCUT2D eigenvalue weighted by Crippen LogP contribution is -2.39. The lowest BCUT2D eigenvalue weighted by atomic mass is 10.1. The third kappa shape index (κ3) is 3.14. The Kier molecular flexibility index (Phi) is 3.58. The van der Waals surface area contributed by atoms with Crippen molar-refractivity contribution in [3.8, 4) is 0 Å². The van der Waals surface area contributed by atoms with Gasteiger partial charge in [0, 0.05) is 19.4 Å². The molecule has 1 heterocycles. The molecule has 14 heavy (non-hydrogen) atoms. The molecule has 0 bridgehead atoms. The van der Waals surface area contributed by atoms with E-state index in [0.29, 0.717) is 12.1 Å². The summed E-state index contributed by atoms with van der Waals surface area (Å²) in [4.78, 5) is 22.0. The molecule has 0 aliphatic carbocycles. The van der Waals surface area contributed by atoms with Gasteiger partial charge in [-0.3, -0.25) is 9.59 Å². The molecule has 3 N–H and O–H groups in total. The Balaban J connectivity index is 2.41. The summed E-state index contributed by atoms with van der Waals surface area (Å²) in [5.74, 6) is -0.525. The lowest BCUT2D eigenvalue weighted by Gasteiger charge is -2.12. The highest BCUT2D eigenvalue weighted by Gasteiger charge is 2.17. The van der Waals surface area contributed by atoms with E-state index in [0.717, 1.165) is 0 Å². The van der Waals surface area contributed by atoms with Crippen molar-refractivity contribution in [2.45, 2.75) is 25.9 Å². The molecule has 6 heteroatoms. The van der Waals surface area contributed by atoms with Gasteiger partial charge in [0.15, 0.2) is 0 Å². The molecule has 1 atom stereocenters. The van der Waals surface area contributed by atoms with Crippen molar-refractivity contribution in [2.75, 3.05) is 6.54 Å². The first-order valence-electron chi connectivity index (χ1n) is 4.41. The number of carbonyl (C=O) groups excluding carboxylic acids is 2. The van der Waals surface area contributed by atoms with Crippen molar-refractivity contribution in [2.24, 2.45) is 5.10 Å². The number of aliphatic hydroxyl groups is 1. The zero-order chi connectivity index (χ0) is 10.6. The number of nitrogens with zero attached hydrogens (tertiary/aromatic N) is 1. The Bertz CT molecular complexity index is 273. The number of hydrazone groups is 1. The second-order valence-corrected chi connectivity index (χ2v) is 3.15. The highest BCUT2D eigenvalue weighted by molar-refractivity contribution is 6.39. The van der Waals surface area contributed by atoms with Gasteiger partial charge in [0.05, 0.1) is 6.10 Å². The molecule has 6 nitrogen and oxygen atoms in total. The Morgan fingerprint density at radius 3 is 2.93 bits per heavy atom. The SMILES string of the molecule is C[C@H](O)CNC(=O)C1=NNC(=O)CC1. The lowest BCUT2D eigenvalue weighted by molar-refractivity contribution is -0.121. The quantitative estimate of drug-likeness (QED) is 0.530. The monoisotopic (exact) mass is 199 g/mol. The predicted molar refractivity (Wildman–Crippen MR) is 49.5 cm³/mol. The van der Waals surface area contributed by atoms with Crippen LogP contribution in [0.2, 0.25) is 0 Å². The summed E-state index contributed by atoms with van der Waals surface area (Å²) in [5.41, 5.74) is 2.52. The normalized spacial score (nSPS) is 18.1. The van der Waals surface area contributed by atoms with E-state index in [1.807, 2.05) is 0 Å². The van der Waals surface area contributed by atoms with Crippen LogP contribution in [-0.4, -0.2) is 35.3 Å². The first kappa shape index (κ1) is 10.6. The summed E-state index contributed by atoms with van der Waals surface area (Å²) < 4.78 is 0. The number of nitrogens with one attached hydrogen (secondary N) is 2. The standard InChI is InChI=1S/C8H13N3O3/c1-5(12)4-9-8(14)6-2-3-7(13)11-10-6/h5,12H,2-4H2,1H3,(H,9,14)(H,11,13)/t5-/m0/s1. The summed E-state index contributed by atoms with van der Waals surface area (Å²) in [6.07, 6.45) is 0.0380. The van der Waals surface area contributed by atoms with Crippen LogP contribution < -0.4 is 10.7 Å². The van der Waals surface area contributed by atoms with Crippen LogP contribution in [0.1, 0.15) is 19.8 Å². The predicted octanol–water partition coefficient (Wildman–Crippen LogP) is -1.25. The van der Waals surface area contributed by atoms with Gasteiger partial charge in [-0.1, -0.05) is 0 Å². The molecule has 0 spiro atoms. The molecule has 0 saturated heterocycles. The minimum atomic E-state index is -0.585. The van der Waals surface area contributed by atoms with Gasteiger partial charge in [0.2, 0.25) is 5.91 Å². The van der Waals surface area contributed by atoms with Crippen molar-refractivity contribution in [1.29, 1.82) is 0 Å². The highest BCUT2D eigenvalue weighted by atomic mass is 16.3. The molecule has 0 unspecified atom stereocenters. The zero-order valence-electron chi connectivity index (χ0n) is 7.91. The maximum absolute atomic E-state index is 11.3. The topological polar surface area (TPSA) is 90.8 Å². The average Bonchev–Trinajstić information content (AvgIpc) is 2.15. The summed E-state index contributed by atoms with van der Waals surface area (Å²) in [6, 6.07) is 0. The summed E-state index contributed by atoms with van der Waals surface area (Å²) in [6.45, 7) is 1.76. The van der Waals surface area contributed by atoms with Gasteiger partial charge >= 0.3 is 0 Å². The molecule has 0 fully saturated rings. The third-order valence-corrected chi connectivity index (χ3v) is 1.72. The van der Waals surface area contributed by atoms with Crippen LogP contribution in [0, 0.1) is 0 Å². The molecule has 0 aromatic carbocycles. The Labute approximate surface area is 81.4 Å². The molecular weight excluding hydrogens is 186 g/mol. The van der Waals surface area contributed by atoms with Gasteiger partial charge in [0.1, 0.15) is 5.71 Å². The van der Waals surface area contributed by atoms with E-state index in [-0.39, 0.29) is 24.8 Å².